The van der Waals surface area contributed by atoms with Gasteiger partial charge in [0.05, 0.1) is 19.3 Å². The number of nitrogens with one attached hydrogen (secondary N) is 1. The molecule has 0 unspecified atom stereocenters. The van der Waals surface area contributed by atoms with E-state index in [1.54, 1.807) is 29.7 Å². The molecule has 2 heterocycles. The number of hydrogen-bond donors (Lipinski definition) is 1. The Labute approximate surface area is 153 Å². The summed E-state index contributed by atoms with van der Waals surface area (Å²) >= 11 is 1.15. The monoisotopic (exact) mass is 374 g/mol. The topological polar surface area (TPSA) is 109 Å². The number of allylic oxidation sites excluding steroid dienone is 2. The first-order valence-electron chi connectivity index (χ1n) is 7.93. The number of rotatable bonds is 5. The van der Waals surface area contributed by atoms with Crippen LogP contribution in [0.5, 0.6) is 0 Å². The Bertz CT molecular complexity index is 851. The van der Waals surface area contributed by atoms with Gasteiger partial charge in [-0.25, -0.2) is 4.79 Å². The van der Waals surface area contributed by atoms with E-state index >= 15 is 0 Å². The molecule has 1 amide bonds. The Morgan fingerprint density at radius 1 is 1.27 bits per heavy atom. The fourth-order valence-corrected chi connectivity index (χ4v) is 3.88. The summed E-state index contributed by atoms with van der Waals surface area (Å²) in [6.45, 7) is 0. The van der Waals surface area contributed by atoms with E-state index in [0.717, 1.165) is 11.3 Å². The Morgan fingerprint density at radius 3 is 2.62 bits per heavy atom. The maximum atomic E-state index is 12.6. The molecule has 1 N–H and O–H groups in total. The van der Waals surface area contributed by atoms with Crippen molar-refractivity contribution in [2.75, 3.05) is 12.4 Å². The molecule has 26 heavy (non-hydrogen) atoms. The molecule has 0 bridgehead atoms. The summed E-state index contributed by atoms with van der Waals surface area (Å²) in [7, 11) is 1.25. The predicted molar refractivity (Wildman–Crippen MR) is 92.4 cm³/mol. The van der Waals surface area contributed by atoms with Crippen LogP contribution in [0.1, 0.15) is 23.2 Å². The van der Waals surface area contributed by atoms with Crippen LogP contribution in [0.4, 0.5) is 5.00 Å². The van der Waals surface area contributed by atoms with Gasteiger partial charge < -0.3 is 24.4 Å². The number of carboxylic acid groups (broad SMARTS) is 1. The molecular formula is C18H16NO6S-. The van der Waals surface area contributed by atoms with Crippen molar-refractivity contribution < 1.29 is 28.6 Å². The van der Waals surface area contributed by atoms with Crippen molar-refractivity contribution in [1.82, 2.24) is 0 Å². The number of thiophene rings is 1. The highest BCUT2D eigenvalue weighted by molar-refractivity contribution is 7.15. The quantitative estimate of drug-likeness (QED) is 0.634. The molecule has 8 heteroatoms. The van der Waals surface area contributed by atoms with Crippen molar-refractivity contribution in [2.24, 2.45) is 11.8 Å². The number of amides is 1. The second kappa shape index (κ2) is 7.57. The van der Waals surface area contributed by atoms with Gasteiger partial charge >= 0.3 is 5.97 Å². The number of carboxylic acids is 1. The van der Waals surface area contributed by atoms with Crippen LogP contribution < -0.4 is 10.4 Å². The maximum Gasteiger partial charge on any atom is 0.341 e. The highest BCUT2D eigenvalue weighted by atomic mass is 32.1. The van der Waals surface area contributed by atoms with E-state index in [1.165, 1.54) is 13.4 Å². The van der Waals surface area contributed by atoms with E-state index in [9.17, 15) is 19.5 Å². The lowest BCUT2D eigenvalue weighted by Gasteiger charge is -2.28. The van der Waals surface area contributed by atoms with Crippen molar-refractivity contribution in [1.29, 1.82) is 0 Å². The summed E-state index contributed by atoms with van der Waals surface area (Å²) < 4.78 is 10.1. The van der Waals surface area contributed by atoms with Gasteiger partial charge in [0.2, 0.25) is 5.91 Å². The molecule has 0 aliphatic heterocycles. The lowest BCUT2D eigenvalue weighted by molar-refractivity contribution is -0.313. The number of esters is 1. The number of anilines is 1. The average Bonchev–Trinajstić information content (AvgIpc) is 3.30. The standard InChI is InChI=1S/C18H17NO6S/c1-24-18(23)14-12(13-7-4-8-25-13)9-26-16(14)19-15(20)10-5-2-3-6-11(10)17(21)22/h2-4,7-11H,5-6H2,1H3,(H,19,20)(H,21,22)/p-1/t10-,11+/m0/s1. The second-order valence-electron chi connectivity index (χ2n) is 5.79. The van der Waals surface area contributed by atoms with E-state index in [-0.39, 0.29) is 12.0 Å². The van der Waals surface area contributed by atoms with E-state index in [4.69, 9.17) is 9.15 Å². The van der Waals surface area contributed by atoms with Gasteiger partial charge in [0, 0.05) is 22.8 Å². The molecule has 2 aromatic heterocycles. The molecule has 1 aliphatic carbocycles. The summed E-state index contributed by atoms with van der Waals surface area (Å²) in [5.74, 6) is -3.54. The van der Waals surface area contributed by atoms with Crippen LogP contribution in [0, 0.1) is 11.8 Å². The molecule has 2 atom stereocenters. The molecule has 0 saturated carbocycles. The SMILES string of the molecule is COC(=O)c1c(-c2ccco2)csc1NC(=O)[C@H]1CC=CC[C@H]1C(=O)[O-]. The van der Waals surface area contributed by atoms with Gasteiger partial charge in [-0.1, -0.05) is 12.2 Å². The third kappa shape index (κ3) is 3.41. The van der Waals surface area contributed by atoms with Crippen LogP contribution in [0.3, 0.4) is 0 Å². The van der Waals surface area contributed by atoms with Gasteiger partial charge in [-0.2, -0.15) is 0 Å². The molecule has 136 valence electrons. The molecule has 0 saturated heterocycles. The molecule has 0 aromatic carbocycles. The van der Waals surface area contributed by atoms with Crippen LogP contribution in [0.15, 0.2) is 40.3 Å². The molecule has 0 spiro atoms. The number of hydrogen-bond acceptors (Lipinski definition) is 7. The zero-order chi connectivity index (χ0) is 18.7. The third-order valence-corrected chi connectivity index (χ3v) is 5.17. The molecule has 2 aromatic rings. The first-order valence-corrected chi connectivity index (χ1v) is 8.81. The summed E-state index contributed by atoms with van der Waals surface area (Å²) in [4.78, 5) is 36.1. The van der Waals surface area contributed by atoms with Crippen LogP contribution in [-0.2, 0) is 14.3 Å². The molecule has 7 nitrogen and oxygen atoms in total. The van der Waals surface area contributed by atoms with Gasteiger partial charge in [0.1, 0.15) is 16.3 Å². The first kappa shape index (κ1) is 17.9. The van der Waals surface area contributed by atoms with Crippen molar-refractivity contribution in [3.63, 3.8) is 0 Å². The first-order chi connectivity index (χ1) is 12.5. The lowest BCUT2D eigenvalue weighted by atomic mass is 9.82. The minimum Gasteiger partial charge on any atom is -0.550 e. The fraction of sp³-hybridized carbons (Fsp3) is 0.278. The Hall–Kier alpha value is -2.87. The second-order valence-corrected chi connectivity index (χ2v) is 6.67. The summed E-state index contributed by atoms with van der Waals surface area (Å²) in [5.41, 5.74) is 0.680. The molecule has 1 aliphatic rings. The number of carbonyl (C=O) groups excluding carboxylic acids is 3. The van der Waals surface area contributed by atoms with Crippen LogP contribution >= 0.6 is 11.3 Å². The van der Waals surface area contributed by atoms with Crippen LogP contribution in [0.2, 0.25) is 0 Å². The van der Waals surface area contributed by atoms with E-state index in [1.807, 2.05) is 0 Å². The highest BCUT2D eigenvalue weighted by Crippen LogP contribution is 2.37. The van der Waals surface area contributed by atoms with E-state index in [0.29, 0.717) is 22.7 Å². The number of methoxy groups -OCH3 is 1. The minimum absolute atomic E-state index is 0.178. The van der Waals surface area contributed by atoms with Crippen molar-refractivity contribution >= 4 is 34.2 Å². The zero-order valence-electron chi connectivity index (χ0n) is 13.9. The van der Waals surface area contributed by atoms with Crippen molar-refractivity contribution in [3.05, 3.63) is 41.5 Å². The number of carbonyl (C=O) groups is 3. The maximum absolute atomic E-state index is 12.6. The smallest absolute Gasteiger partial charge is 0.341 e. The molecule has 3 rings (SSSR count). The van der Waals surface area contributed by atoms with Gasteiger partial charge in [0.15, 0.2) is 0 Å². The summed E-state index contributed by atoms with van der Waals surface area (Å²) in [5, 5.41) is 15.9. The van der Waals surface area contributed by atoms with E-state index < -0.39 is 29.7 Å². The van der Waals surface area contributed by atoms with Gasteiger partial charge in [0.25, 0.3) is 0 Å². The number of ether oxygens (including phenoxy) is 1. The number of aliphatic carboxylic acids is 1. The zero-order valence-corrected chi connectivity index (χ0v) is 14.7. The average molecular weight is 374 g/mol. The Kier molecular flexibility index (Phi) is 5.22. The largest absolute Gasteiger partial charge is 0.550 e. The van der Waals surface area contributed by atoms with Gasteiger partial charge in [-0.3, -0.25) is 4.79 Å². The van der Waals surface area contributed by atoms with E-state index in [2.05, 4.69) is 5.32 Å². The summed E-state index contributed by atoms with van der Waals surface area (Å²) in [6.07, 6.45) is 5.52. The molecular weight excluding hydrogens is 358 g/mol. The summed E-state index contributed by atoms with van der Waals surface area (Å²) in [6, 6.07) is 3.38. The van der Waals surface area contributed by atoms with Crippen LogP contribution in [0.25, 0.3) is 11.3 Å². The van der Waals surface area contributed by atoms with Crippen molar-refractivity contribution in [2.45, 2.75) is 12.8 Å². The highest BCUT2D eigenvalue weighted by Gasteiger charge is 2.31. The lowest BCUT2D eigenvalue weighted by Crippen LogP contribution is -2.41. The number of furan rings is 1. The molecule has 0 radical (unpaired) electrons. The minimum atomic E-state index is -1.26. The molecule has 0 fully saturated rings. The van der Waals surface area contributed by atoms with Gasteiger partial charge in [-0.05, 0) is 25.0 Å². The van der Waals surface area contributed by atoms with Gasteiger partial charge in [-0.15, -0.1) is 11.3 Å². The third-order valence-electron chi connectivity index (χ3n) is 4.28. The Balaban J connectivity index is 1.90. The predicted octanol–water partition coefficient (Wildman–Crippen LogP) is 2.07. The Morgan fingerprint density at radius 2 is 2.00 bits per heavy atom. The van der Waals surface area contributed by atoms with Crippen molar-refractivity contribution in [3.8, 4) is 11.3 Å². The normalized spacial score (nSPS) is 19.1. The fourth-order valence-electron chi connectivity index (χ4n) is 2.94. The van der Waals surface area contributed by atoms with Crippen LogP contribution in [-0.4, -0.2) is 25.0 Å².